The van der Waals surface area contributed by atoms with Crippen LogP contribution in [-0.2, 0) is 16.7 Å². The van der Waals surface area contributed by atoms with Crippen molar-refractivity contribution in [1.29, 1.82) is 0 Å². The van der Waals surface area contributed by atoms with E-state index in [0.29, 0.717) is 17.8 Å². The van der Waals surface area contributed by atoms with Gasteiger partial charge in [-0.15, -0.1) is 0 Å². The summed E-state index contributed by atoms with van der Waals surface area (Å²) in [7, 11) is 0. The Labute approximate surface area is 146 Å². The molecule has 0 saturated heterocycles. The summed E-state index contributed by atoms with van der Waals surface area (Å²) in [6.07, 6.45) is 5.57. The van der Waals surface area contributed by atoms with Gasteiger partial charge in [-0.05, 0) is 59.9 Å². The Morgan fingerprint density at radius 3 is 2.61 bits per heavy atom. The molecule has 3 aliphatic rings. The molecular formula is C18H25BrN2O2. The lowest BCUT2D eigenvalue weighted by Crippen LogP contribution is -2.48. The Bertz CT molecular complexity index is 656. The maximum atomic E-state index is 6.20. The molecule has 1 aromatic heterocycles. The van der Waals surface area contributed by atoms with Gasteiger partial charge < -0.3 is 9.36 Å². The molecule has 1 aromatic rings. The molecule has 4 nitrogen and oxygen atoms in total. The second-order valence-corrected chi connectivity index (χ2v) is 8.76. The topological polar surface area (TPSA) is 47.6 Å². The van der Waals surface area contributed by atoms with Crippen LogP contribution in [-0.4, -0.2) is 16.5 Å². The van der Waals surface area contributed by atoms with Crippen molar-refractivity contribution in [1.82, 2.24) is 5.16 Å². The van der Waals surface area contributed by atoms with Gasteiger partial charge in [-0.25, -0.2) is 0 Å². The quantitative estimate of drug-likeness (QED) is 0.735. The van der Waals surface area contributed by atoms with Crippen molar-refractivity contribution >= 4 is 21.6 Å². The molecule has 0 N–H and O–H groups in total. The molecule has 0 unspecified atom stereocenters. The van der Waals surface area contributed by atoms with Gasteiger partial charge in [-0.1, -0.05) is 38.0 Å². The van der Waals surface area contributed by atoms with E-state index >= 15 is 0 Å². The molecule has 0 bridgehead atoms. The van der Waals surface area contributed by atoms with Gasteiger partial charge in [-0.3, -0.25) is 0 Å². The van der Waals surface area contributed by atoms with Crippen LogP contribution in [0.4, 0.5) is 0 Å². The summed E-state index contributed by atoms with van der Waals surface area (Å²) in [5.74, 6) is 1.29. The van der Waals surface area contributed by atoms with E-state index in [2.05, 4.69) is 48.8 Å². The first-order chi connectivity index (χ1) is 10.9. The van der Waals surface area contributed by atoms with Crippen molar-refractivity contribution in [2.45, 2.75) is 70.8 Å². The van der Waals surface area contributed by atoms with Crippen LogP contribution in [0.15, 0.2) is 14.3 Å². The minimum atomic E-state index is -0.169. The van der Waals surface area contributed by atoms with Gasteiger partial charge in [0.05, 0.1) is 16.8 Å². The van der Waals surface area contributed by atoms with Crippen molar-refractivity contribution in [3.63, 3.8) is 0 Å². The molecule has 126 valence electrons. The molecule has 2 aliphatic carbocycles. The number of rotatable bonds is 2. The average Bonchev–Trinajstić information content (AvgIpc) is 3.16. The fraction of sp³-hybridized carbons (Fsp3) is 0.778. The van der Waals surface area contributed by atoms with Crippen molar-refractivity contribution in [3.8, 4) is 0 Å². The van der Waals surface area contributed by atoms with E-state index in [9.17, 15) is 0 Å². The fourth-order valence-electron chi connectivity index (χ4n) is 5.51. The number of fused-ring (bicyclic) bond motifs is 4. The van der Waals surface area contributed by atoms with Crippen LogP contribution in [0.5, 0.6) is 0 Å². The number of hydrogen-bond acceptors (Lipinski definition) is 4. The number of halogens is 1. The normalized spacial score (nSPS) is 31.4. The maximum absolute atomic E-state index is 6.20. The number of nitrogens with zero attached hydrogens (tertiary/aromatic N) is 2. The predicted molar refractivity (Wildman–Crippen MR) is 92.5 cm³/mol. The third-order valence-electron chi connectivity index (χ3n) is 6.56. The second kappa shape index (κ2) is 5.08. The zero-order valence-electron chi connectivity index (χ0n) is 14.4. The lowest BCUT2D eigenvalue weighted by atomic mass is 9.66. The van der Waals surface area contributed by atoms with Gasteiger partial charge in [0.2, 0.25) is 4.67 Å². The van der Waals surface area contributed by atoms with Crippen LogP contribution in [0.25, 0.3) is 0 Å². The van der Waals surface area contributed by atoms with E-state index in [0.717, 1.165) is 42.5 Å². The third kappa shape index (κ3) is 1.83. The summed E-state index contributed by atoms with van der Waals surface area (Å²) >= 11 is 3.52. The summed E-state index contributed by atoms with van der Waals surface area (Å²) in [6.45, 7) is 9.07. The summed E-state index contributed by atoms with van der Waals surface area (Å²) in [6, 6.07) is 0. The van der Waals surface area contributed by atoms with Crippen LogP contribution < -0.4 is 0 Å². The lowest BCUT2D eigenvalue weighted by Gasteiger charge is -2.39. The third-order valence-corrected chi connectivity index (χ3v) is 7.18. The molecule has 2 heterocycles. The first kappa shape index (κ1) is 15.7. The summed E-state index contributed by atoms with van der Waals surface area (Å²) in [5.41, 5.74) is 3.37. The maximum Gasteiger partial charge on any atom is 0.205 e. The molecule has 2 atom stereocenters. The highest BCUT2D eigenvalue weighted by Crippen LogP contribution is 2.58. The molecule has 1 aliphatic heterocycles. The minimum Gasteiger partial charge on any atom is -0.388 e. The number of aromatic nitrogens is 1. The molecule has 1 saturated carbocycles. The van der Waals surface area contributed by atoms with Crippen molar-refractivity contribution < 1.29 is 9.36 Å². The zero-order chi connectivity index (χ0) is 16.4. The van der Waals surface area contributed by atoms with E-state index < -0.39 is 0 Å². The lowest BCUT2D eigenvalue weighted by molar-refractivity contribution is -0.113. The molecule has 1 fully saturated rings. The summed E-state index contributed by atoms with van der Waals surface area (Å²) in [5, 5.41) is 9.13. The van der Waals surface area contributed by atoms with E-state index in [1.54, 1.807) is 0 Å². The van der Waals surface area contributed by atoms with Gasteiger partial charge in [0.1, 0.15) is 5.60 Å². The first-order valence-corrected chi connectivity index (χ1v) is 9.64. The number of hydrogen-bond donors (Lipinski definition) is 0. The van der Waals surface area contributed by atoms with Gasteiger partial charge >= 0.3 is 0 Å². The van der Waals surface area contributed by atoms with Crippen molar-refractivity contribution in [2.24, 2.45) is 22.9 Å². The SMILES string of the molecule is CC(C)C1(C(C)C)ON=C2[C@H]1CC[C@]21CCCc2c1noc2Br. The molecular weight excluding hydrogens is 356 g/mol. The molecule has 5 heteroatoms. The van der Waals surface area contributed by atoms with Crippen LogP contribution in [0.1, 0.15) is 64.6 Å². The molecule has 0 amide bonds. The van der Waals surface area contributed by atoms with Crippen molar-refractivity contribution in [3.05, 3.63) is 15.9 Å². The molecule has 1 spiro atoms. The molecule has 23 heavy (non-hydrogen) atoms. The largest absolute Gasteiger partial charge is 0.388 e. The van der Waals surface area contributed by atoms with Crippen LogP contribution in [0.3, 0.4) is 0 Å². The monoisotopic (exact) mass is 380 g/mol. The Morgan fingerprint density at radius 2 is 1.91 bits per heavy atom. The van der Waals surface area contributed by atoms with Gasteiger partial charge in [0.25, 0.3) is 0 Å². The zero-order valence-corrected chi connectivity index (χ0v) is 15.9. The first-order valence-electron chi connectivity index (χ1n) is 8.84. The number of oxime groups is 1. The Morgan fingerprint density at radius 1 is 1.17 bits per heavy atom. The van der Waals surface area contributed by atoms with E-state index in [4.69, 9.17) is 14.5 Å². The molecule has 4 rings (SSSR count). The standard InChI is InChI=1S/C18H25BrN2O2/c1-10(2)18(11(3)4)13-7-9-17(15(13)21-23-18)8-5-6-12-14(17)20-22-16(12)19/h10-11,13H,5-9H2,1-4H3/t13-,17+/m1/s1. The molecule has 0 radical (unpaired) electrons. The van der Waals surface area contributed by atoms with Crippen LogP contribution >= 0.6 is 15.9 Å². The Balaban J connectivity index is 1.80. The van der Waals surface area contributed by atoms with E-state index in [-0.39, 0.29) is 11.0 Å². The Kier molecular flexibility index (Phi) is 3.46. The van der Waals surface area contributed by atoms with Crippen LogP contribution in [0, 0.1) is 17.8 Å². The average molecular weight is 381 g/mol. The Hall–Kier alpha value is -0.840. The van der Waals surface area contributed by atoms with Crippen molar-refractivity contribution in [2.75, 3.05) is 0 Å². The van der Waals surface area contributed by atoms with Crippen LogP contribution in [0.2, 0.25) is 0 Å². The fourth-order valence-corrected chi connectivity index (χ4v) is 5.97. The highest BCUT2D eigenvalue weighted by Gasteiger charge is 2.63. The smallest absolute Gasteiger partial charge is 0.205 e. The molecule has 0 aromatic carbocycles. The highest BCUT2D eigenvalue weighted by atomic mass is 79.9. The predicted octanol–water partition coefficient (Wildman–Crippen LogP) is 4.86. The summed E-state index contributed by atoms with van der Waals surface area (Å²) in [4.78, 5) is 6.20. The van der Waals surface area contributed by atoms with Gasteiger partial charge in [-0.2, -0.15) is 0 Å². The van der Waals surface area contributed by atoms with E-state index in [1.807, 2.05) is 0 Å². The second-order valence-electron chi connectivity index (χ2n) is 8.04. The summed E-state index contributed by atoms with van der Waals surface area (Å²) < 4.78 is 6.27. The van der Waals surface area contributed by atoms with E-state index in [1.165, 1.54) is 11.3 Å². The highest BCUT2D eigenvalue weighted by molar-refractivity contribution is 9.10. The van der Waals surface area contributed by atoms with Gasteiger partial charge in [0, 0.05) is 11.5 Å². The minimum absolute atomic E-state index is 0.0563. The van der Waals surface area contributed by atoms with Gasteiger partial charge in [0.15, 0.2) is 0 Å².